The molecule has 0 radical (unpaired) electrons. The van der Waals surface area contributed by atoms with E-state index in [2.05, 4.69) is 48.5 Å². The largest absolute Gasteiger partial charge is 0.472 e. The number of hydrogen-bond donors (Lipinski definition) is 3. The smallest absolute Gasteiger partial charge is 0.462 e. The number of hydrogen-bond acceptors (Lipinski definition) is 15. The molecule has 3 N–H and O–H groups in total. The monoisotopic (exact) mass is 1410 g/mol. The first-order chi connectivity index (χ1) is 46.3. The van der Waals surface area contributed by atoms with E-state index in [0.717, 1.165) is 114 Å². The van der Waals surface area contributed by atoms with Crippen LogP contribution in [0.25, 0.3) is 0 Å². The maximum absolute atomic E-state index is 13.1. The summed E-state index contributed by atoms with van der Waals surface area (Å²) in [5.41, 5.74) is 0. The first-order valence-corrected chi connectivity index (χ1v) is 42.9. The SMILES string of the molecule is CCCCCCCCCCC(=O)OC[C@H](COP(=O)(O)OC[C@H](O)COP(=O)(O)OC[C@@H](COC(=O)CCCCCCCCCCCCCCCCC(C)CC)OC(=O)CCCCCCCCCCCCCCCCCCC(C)C)OC(=O)CCCCCCCCCCC(C)C. The molecule has 0 saturated carbocycles. The molecule has 19 heteroatoms. The minimum atomic E-state index is -4.96. The van der Waals surface area contributed by atoms with Crippen molar-refractivity contribution in [3.05, 3.63) is 0 Å². The Morgan fingerprint density at radius 2 is 0.531 bits per heavy atom. The average Bonchev–Trinajstić information content (AvgIpc) is 1.23. The fourth-order valence-corrected chi connectivity index (χ4v) is 13.3. The number of phosphoric ester groups is 2. The lowest BCUT2D eigenvalue weighted by molar-refractivity contribution is -0.161. The lowest BCUT2D eigenvalue weighted by atomic mass is 9.99. The van der Waals surface area contributed by atoms with Crippen LogP contribution in [0.5, 0.6) is 0 Å². The summed E-state index contributed by atoms with van der Waals surface area (Å²) in [6.45, 7) is 11.9. The Bertz CT molecular complexity index is 1870. The van der Waals surface area contributed by atoms with Crippen molar-refractivity contribution in [2.24, 2.45) is 17.8 Å². The second-order valence-corrected chi connectivity index (χ2v) is 31.8. The predicted octanol–water partition coefficient (Wildman–Crippen LogP) is 22.6. The normalized spacial score (nSPS) is 14.3. The number of rotatable bonds is 75. The molecular formula is C77H150O17P2. The van der Waals surface area contributed by atoms with Crippen LogP contribution in [-0.2, 0) is 65.4 Å². The second kappa shape index (κ2) is 67.5. The molecule has 0 rings (SSSR count). The molecule has 0 bridgehead atoms. The summed E-state index contributed by atoms with van der Waals surface area (Å²) in [5.74, 6) is 0.257. The summed E-state index contributed by atoms with van der Waals surface area (Å²) in [5, 5.41) is 10.6. The molecule has 0 fully saturated rings. The molecule has 0 aliphatic heterocycles. The zero-order valence-corrected chi connectivity index (χ0v) is 64.6. The highest BCUT2D eigenvalue weighted by atomic mass is 31.2. The Morgan fingerprint density at radius 3 is 0.792 bits per heavy atom. The number of aliphatic hydroxyl groups excluding tert-OH is 1. The van der Waals surface area contributed by atoms with Crippen molar-refractivity contribution >= 4 is 39.5 Å². The van der Waals surface area contributed by atoms with Crippen molar-refractivity contribution in [2.75, 3.05) is 39.6 Å². The lowest BCUT2D eigenvalue weighted by Gasteiger charge is -2.21. The molecule has 0 aliphatic carbocycles. The van der Waals surface area contributed by atoms with E-state index in [0.29, 0.717) is 25.7 Å². The van der Waals surface area contributed by atoms with Gasteiger partial charge in [-0.2, -0.15) is 0 Å². The van der Waals surface area contributed by atoms with Crippen LogP contribution in [0.15, 0.2) is 0 Å². The predicted molar refractivity (Wildman–Crippen MR) is 391 cm³/mol. The Morgan fingerprint density at radius 1 is 0.302 bits per heavy atom. The van der Waals surface area contributed by atoms with Crippen LogP contribution in [0.2, 0.25) is 0 Å². The van der Waals surface area contributed by atoms with E-state index in [1.807, 2.05) is 0 Å². The molecule has 0 saturated heterocycles. The van der Waals surface area contributed by atoms with Gasteiger partial charge in [-0.3, -0.25) is 37.3 Å². The van der Waals surface area contributed by atoms with Crippen molar-refractivity contribution in [3.8, 4) is 0 Å². The Kier molecular flexibility index (Phi) is 66.2. The molecule has 6 atom stereocenters. The summed E-state index contributed by atoms with van der Waals surface area (Å²) < 4.78 is 68.5. The van der Waals surface area contributed by atoms with Gasteiger partial charge in [0.15, 0.2) is 12.2 Å². The van der Waals surface area contributed by atoms with Gasteiger partial charge in [-0.15, -0.1) is 0 Å². The van der Waals surface area contributed by atoms with Crippen LogP contribution in [0, 0.1) is 17.8 Å². The number of aliphatic hydroxyl groups is 1. The molecule has 570 valence electrons. The molecule has 17 nitrogen and oxygen atoms in total. The molecule has 3 unspecified atom stereocenters. The first-order valence-electron chi connectivity index (χ1n) is 39.9. The Balaban J connectivity index is 5.20. The maximum atomic E-state index is 13.1. The Hall–Kier alpha value is -1.94. The van der Waals surface area contributed by atoms with Crippen LogP contribution in [0.3, 0.4) is 0 Å². The van der Waals surface area contributed by atoms with E-state index in [-0.39, 0.29) is 25.7 Å². The van der Waals surface area contributed by atoms with Gasteiger partial charge in [0, 0.05) is 25.7 Å². The molecular weight excluding hydrogens is 1260 g/mol. The standard InChI is InChI=1S/C77H150O17P2/c1-8-10-11-12-13-37-44-51-58-74(79)87-64-72(94-77(82)61-54-47-40-33-32-35-42-49-56-69(5)6)66-91-95(83,84)89-62-71(78)63-90-96(85,86)92-67-73(65-88-75(80)59-52-45-38-30-26-22-19-18-21-25-29-36-43-50-57-70(7)9-2)93-76(81)60-53-46-39-31-27-23-17-15-14-16-20-24-28-34-41-48-55-68(3)4/h68-73,78H,8-67H2,1-7H3,(H,83,84)(H,85,86)/t70?,71-,72+,73+/m0/s1. The van der Waals surface area contributed by atoms with E-state index >= 15 is 0 Å². The van der Waals surface area contributed by atoms with Crippen molar-refractivity contribution in [1.82, 2.24) is 0 Å². The molecule has 0 aromatic rings. The van der Waals surface area contributed by atoms with Crippen molar-refractivity contribution in [3.63, 3.8) is 0 Å². The third-order valence-electron chi connectivity index (χ3n) is 18.2. The van der Waals surface area contributed by atoms with Gasteiger partial charge >= 0.3 is 39.5 Å². The van der Waals surface area contributed by atoms with Gasteiger partial charge in [0.2, 0.25) is 0 Å². The summed E-state index contributed by atoms with van der Waals surface area (Å²) in [6.07, 6.45) is 54.2. The first kappa shape index (κ1) is 94.1. The fraction of sp³-hybridized carbons (Fsp3) is 0.948. The van der Waals surface area contributed by atoms with Gasteiger partial charge < -0.3 is 33.8 Å². The number of carbonyl (C=O) groups excluding carboxylic acids is 4. The molecule has 0 aliphatic rings. The van der Waals surface area contributed by atoms with Crippen molar-refractivity contribution in [2.45, 2.75) is 414 Å². The number of esters is 4. The third kappa shape index (κ3) is 69.2. The molecule has 96 heavy (non-hydrogen) atoms. The number of unbranched alkanes of at least 4 members (excludes halogenated alkanes) is 42. The van der Waals surface area contributed by atoms with Crippen LogP contribution < -0.4 is 0 Å². The highest BCUT2D eigenvalue weighted by Crippen LogP contribution is 2.45. The molecule has 0 spiro atoms. The highest BCUT2D eigenvalue weighted by molar-refractivity contribution is 7.47. The summed E-state index contributed by atoms with van der Waals surface area (Å²) >= 11 is 0. The van der Waals surface area contributed by atoms with Crippen LogP contribution in [0.1, 0.15) is 395 Å². The lowest BCUT2D eigenvalue weighted by Crippen LogP contribution is -2.30. The molecule has 0 heterocycles. The van der Waals surface area contributed by atoms with Gasteiger partial charge in [-0.1, -0.05) is 344 Å². The summed E-state index contributed by atoms with van der Waals surface area (Å²) in [6, 6.07) is 0. The minimum absolute atomic E-state index is 0.104. The van der Waals surface area contributed by atoms with E-state index < -0.39 is 97.5 Å². The Labute approximate surface area is 588 Å². The topological polar surface area (TPSA) is 237 Å². The zero-order chi connectivity index (χ0) is 70.9. The van der Waals surface area contributed by atoms with Gasteiger partial charge in [0.05, 0.1) is 26.4 Å². The second-order valence-electron chi connectivity index (χ2n) is 28.9. The molecule has 0 aromatic heterocycles. The van der Waals surface area contributed by atoms with Gasteiger partial charge in [0.1, 0.15) is 19.3 Å². The number of phosphoric acid groups is 2. The number of carbonyl (C=O) groups is 4. The van der Waals surface area contributed by atoms with Gasteiger partial charge in [-0.25, -0.2) is 9.13 Å². The van der Waals surface area contributed by atoms with E-state index in [4.69, 9.17) is 37.0 Å². The average molecular weight is 1410 g/mol. The third-order valence-corrected chi connectivity index (χ3v) is 20.1. The van der Waals surface area contributed by atoms with Gasteiger partial charge in [0.25, 0.3) is 0 Å². The molecule has 0 amide bonds. The van der Waals surface area contributed by atoms with Crippen molar-refractivity contribution < 1.29 is 80.2 Å². The van der Waals surface area contributed by atoms with Crippen LogP contribution in [0.4, 0.5) is 0 Å². The quantitative estimate of drug-likeness (QED) is 0.0222. The summed E-state index contributed by atoms with van der Waals surface area (Å²) in [7, 11) is -9.91. The zero-order valence-electron chi connectivity index (χ0n) is 62.8. The number of ether oxygens (including phenoxy) is 4. The fourth-order valence-electron chi connectivity index (χ4n) is 11.7. The maximum Gasteiger partial charge on any atom is 0.472 e. The highest BCUT2D eigenvalue weighted by Gasteiger charge is 2.30. The summed E-state index contributed by atoms with van der Waals surface area (Å²) in [4.78, 5) is 72.7. The van der Waals surface area contributed by atoms with Gasteiger partial charge in [-0.05, 0) is 43.4 Å². The minimum Gasteiger partial charge on any atom is -0.462 e. The van der Waals surface area contributed by atoms with E-state index in [1.165, 1.54) is 199 Å². The van der Waals surface area contributed by atoms with Crippen LogP contribution in [-0.4, -0.2) is 96.7 Å². The van der Waals surface area contributed by atoms with Crippen LogP contribution >= 0.6 is 15.6 Å². The van der Waals surface area contributed by atoms with Crippen molar-refractivity contribution in [1.29, 1.82) is 0 Å². The van der Waals surface area contributed by atoms with E-state index in [1.54, 1.807) is 0 Å². The van der Waals surface area contributed by atoms with E-state index in [9.17, 15) is 43.2 Å². The molecule has 0 aromatic carbocycles.